The summed E-state index contributed by atoms with van der Waals surface area (Å²) in [6, 6.07) is 7.13. The van der Waals surface area contributed by atoms with Gasteiger partial charge >= 0.3 is 11.9 Å². The molecule has 0 radical (unpaired) electrons. The third kappa shape index (κ3) is 5.60. The van der Waals surface area contributed by atoms with Crippen LogP contribution in [0, 0.1) is 13.8 Å². The molecule has 7 nitrogen and oxygen atoms in total. The number of halogens is 1. The quantitative estimate of drug-likeness (QED) is 0.665. The molecule has 0 aliphatic rings. The molecule has 1 heterocycles. The maximum Gasteiger partial charge on any atom is 0.355 e. The normalized spacial score (nSPS) is 11.8. The Labute approximate surface area is 174 Å². The smallest absolute Gasteiger partial charge is 0.355 e. The van der Waals surface area contributed by atoms with E-state index >= 15 is 0 Å². The summed E-state index contributed by atoms with van der Waals surface area (Å²) in [5.41, 5.74) is 2.08. The number of aryl methyl sites for hydroxylation is 1. The van der Waals surface area contributed by atoms with E-state index in [1.165, 1.54) is 6.92 Å². The highest BCUT2D eigenvalue weighted by Crippen LogP contribution is 2.21. The molecule has 0 saturated heterocycles. The zero-order chi connectivity index (χ0) is 21.7. The van der Waals surface area contributed by atoms with Gasteiger partial charge in [-0.3, -0.25) is 4.79 Å². The highest BCUT2D eigenvalue weighted by Gasteiger charge is 2.26. The van der Waals surface area contributed by atoms with E-state index in [9.17, 15) is 14.4 Å². The first-order chi connectivity index (χ1) is 13.6. The van der Waals surface area contributed by atoms with Gasteiger partial charge in [0.05, 0.1) is 11.7 Å². The summed E-state index contributed by atoms with van der Waals surface area (Å²) in [7, 11) is 0. The van der Waals surface area contributed by atoms with Gasteiger partial charge in [-0.25, -0.2) is 9.59 Å². The predicted molar refractivity (Wildman–Crippen MR) is 109 cm³/mol. The van der Waals surface area contributed by atoms with Gasteiger partial charge in [-0.1, -0.05) is 29.8 Å². The van der Waals surface area contributed by atoms with Crippen LogP contribution in [0.15, 0.2) is 24.3 Å². The van der Waals surface area contributed by atoms with Gasteiger partial charge in [0.25, 0.3) is 5.91 Å². The second-order valence-electron chi connectivity index (χ2n) is 6.94. The van der Waals surface area contributed by atoms with Crippen LogP contribution < -0.4 is 5.32 Å². The molecule has 1 atom stereocenters. The number of rotatable bonds is 7. The molecule has 0 aliphatic heterocycles. The summed E-state index contributed by atoms with van der Waals surface area (Å²) in [5.74, 6) is -1.70. The first-order valence-corrected chi connectivity index (χ1v) is 9.61. The van der Waals surface area contributed by atoms with Crippen molar-refractivity contribution in [2.45, 2.75) is 53.4 Å². The zero-order valence-electron chi connectivity index (χ0n) is 17.1. The van der Waals surface area contributed by atoms with Gasteiger partial charge in [-0.15, -0.1) is 0 Å². The van der Waals surface area contributed by atoms with Crippen molar-refractivity contribution in [2.24, 2.45) is 0 Å². The van der Waals surface area contributed by atoms with Crippen LogP contribution in [0.5, 0.6) is 0 Å². The van der Waals surface area contributed by atoms with Crippen LogP contribution in [0.3, 0.4) is 0 Å². The van der Waals surface area contributed by atoms with E-state index in [-0.39, 0.29) is 18.3 Å². The van der Waals surface area contributed by atoms with Crippen LogP contribution in [0.25, 0.3) is 0 Å². The third-order valence-corrected chi connectivity index (χ3v) is 4.62. The van der Waals surface area contributed by atoms with Gasteiger partial charge in [0.2, 0.25) is 0 Å². The van der Waals surface area contributed by atoms with Crippen LogP contribution in [-0.4, -0.2) is 35.0 Å². The minimum atomic E-state index is -1.03. The van der Waals surface area contributed by atoms with Crippen molar-refractivity contribution in [2.75, 3.05) is 0 Å². The zero-order valence-corrected chi connectivity index (χ0v) is 17.8. The lowest BCUT2D eigenvalue weighted by Crippen LogP contribution is -2.35. The van der Waals surface area contributed by atoms with Gasteiger partial charge < -0.3 is 19.8 Å². The highest BCUT2D eigenvalue weighted by molar-refractivity contribution is 6.31. The number of ether oxygens (including phenoxy) is 2. The number of amides is 1. The Hall–Kier alpha value is -2.80. The summed E-state index contributed by atoms with van der Waals surface area (Å²) in [4.78, 5) is 39.9. The lowest BCUT2D eigenvalue weighted by molar-refractivity contribution is -0.129. The summed E-state index contributed by atoms with van der Waals surface area (Å²) in [6.07, 6.45) is -1.31. The minimum absolute atomic E-state index is 0.115. The maximum absolute atomic E-state index is 12.5. The first-order valence-electron chi connectivity index (χ1n) is 9.24. The van der Waals surface area contributed by atoms with Crippen molar-refractivity contribution in [1.82, 2.24) is 10.3 Å². The van der Waals surface area contributed by atoms with Crippen molar-refractivity contribution in [3.8, 4) is 0 Å². The number of benzene rings is 1. The van der Waals surface area contributed by atoms with Crippen LogP contribution in [0.1, 0.15) is 58.4 Å². The topological polar surface area (TPSA) is 97.5 Å². The molecule has 0 spiro atoms. The summed E-state index contributed by atoms with van der Waals surface area (Å²) >= 11 is 6.06. The van der Waals surface area contributed by atoms with Crippen LogP contribution >= 0.6 is 11.6 Å². The number of carbonyl (C=O) groups is 3. The number of hydrogen-bond acceptors (Lipinski definition) is 5. The number of nitrogens with one attached hydrogen (secondary N) is 2. The second-order valence-corrected chi connectivity index (χ2v) is 7.34. The molecular weight excluding hydrogens is 396 g/mol. The molecule has 2 aromatic rings. The van der Waals surface area contributed by atoms with E-state index in [1.54, 1.807) is 45.9 Å². The van der Waals surface area contributed by atoms with Gasteiger partial charge in [0.15, 0.2) is 6.10 Å². The fourth-order valence-corrected chi connectivity index (χ4v) is 2.98. The Morgan fingerprint density at radius 3 is 2.34 bits per heavy atom. The predicted octanol–water partition coefficient (Wildman–Crippen LogP) is 3.71. The Morgan fingerprint density at radius 2 is 1.72 bits per heavy atom. The van der Waals surface area contributed by atoms with Crippen molar-refractivity contribution in [3.63, 3.8) is 0 Å². The fraction of sp³-hybridized carbons (Fsp3) is 0.381. The van der Waals surface area contributed by atoms with Crippen molar-refractivity contribution >= 4 is 29.4 Å². The average molecular weight is 421 g/mol. The van der Waals surface area contributed by atoms with Gasteiger partial charge in [-0.05, 0) is 51.8 Å². The van der Waals surface area contributed by atoms with Gasteiger partial charge in [0.1, 0.15) is 5.69 Å². The van der Waals surface area contributed by atoms with E-state index in [2.05, 4.69) is 10.3 Å². The van der Waals surface area contributed by atoms with Crippen molar-refractivity contribution in [3.05, 3.63) is 57.4 Å². The van der Waals surface area contributed by atoms with E-state index < -0.39 is 23.9 Å². The number of H-pyrrole nitrogens is 1. The number of esters is 2. The van der Waals surface area contributed by atoms with Crippen molar-refractivity contribution in [1.29, 1.82) is 0 Å². The van der Waals surface area contributed by atoms with Crippen LogP contribution in [-0.2, 0) is 20.8 Å². The van der Waals surface area contributed by atoms with Crippen molar-refractivity contribution < 1.29 is 23.9 Å². The molecule has 1 aromatic heterocycles. The first kappa shape index (κ1) is 22.5. The summed E-state index contributed by atoms with van der Waals surface area (Å²) < 4.78 is 10.5. The molecule has 1 amide bonds. The van der Waals surface area contributed by atoms with Gasteiger partial charge in [0, 0.05) is 17.3 Å². The minimum Gasteiger partial charge on any atom is -0.459 e. The highest BCUT2D eigenvalue weighted by atomic mass is 35.5. The van der Waals surface area contributed by atoms with Crippen LogP contribution in [0.2, 0.25) is 5.02 Å². The monoisotopic (exact) mass is 420 g/mol. The van der Waals surface area contributed by atoms with E-state index in [1.807, 2.05) is 6.07 Å². The second kappa shape index (κ2) is 9.60. The number of hydrogen-bond donors (Lipinski definition) is 2. The number of aromatic nitrogens is 1. The Kier molecular flexibility index (Phi) is 7.45. The Bertz CT molecular complexity index is 920. The van der Waals surface area contributed by atoms with Gasteiger partial charge in [-0.2, -0.15) is 0 Å². The van der Waals surface area contributed by atoms with Crippen LogP contribution in [0.4, 0.5) is 0 Å². The molecule has 0 saturated carbocycles. The Morgan fingerprint density at radius 1 is 1.07 bits per heavy atom. The number of carbonyl (C=O) groups excluding carboxylic acids is 3. The number of aromatic amines is 1. The largest absolute Gasteiger partial charge is 0.459 e. The van der Waals surface area contributed by atoms with E-state index in [4.69, 9.17) is 21.1 Å². The lowest BCUT2D eigenvalue weighted by atomic mass is 10.1. The summed E-state index contributed by atoms with van der Waals surface area (Å²) in [5, 5.41) is 3.22. The Balaban J connectivity index is 2.03. The molecule has 2 rings (SSSR count). The molecule has 1 aromatic carbocycles. The SMILES string of the molecule is Cc1[nH]c(C(=O)O[C@@H](C)C(=O)NCc2ccccc2Cl)c(C)c1C(=O)OC(C)C. The molecule has 8 heteroatoms. The molecule has 0 aliphatic carbocycles. The standard InChI is InChI=1S/C21H25ClN2O5/c1-11(2)28-20(26)17-12(3)18(24-13(17)4)21(27)29-14(5)19(25)23-10-15-8-6-7-9-16(15)22/h6-9,11,14,24H,10H2,1-5H3,(H,23,25)/t14-/m0/s1. The molecule has 2 N–H and O–H groups in total. The molecule has 29 heavy (non-hydrogen) atoms. The van der Waals surface area contributed by atoms with E-state index in [0.29, 0.717) is 21.8 Å². The lowest BCUT2D eigenvalue weighted by Gasteiger charge is -2.14. The molecule has 0 bridgehead atoms. The third-order valence-electron chi connectivity index (χ3n) is 4.25. The molecule has 0 fully saturated rings. The molecule has 0 unspecified atom stereocenters. The van der Waals surface area contributed by atoms with E-state index in [0.717, 1.165) is 5.56 Å². The molecular formula is C21H25ClN2O5. The summed E-state index contributed by atoms with van der Waals surface area (Å²) in [6.45, 7) is 8.46. The fourth-order valence-electron chi connectivity index (χ4n) is 2.77. The average Bonchev–Trinajstić information content (AvgIpc) is 2.94. The molecule has 156 valence electrons. The maximum atomic E-state index is 12.5.